The fourth-order valence-electron chi connectivity index (χ4n) is 1.16. The summed E-state index contributed by atoms with van der Waals surface area (Å²) >= 11 is 0. The summed E-state index contributed by atoms with van der Waals surface area (Å²) in [7, 11) is 2.04. The molecule has 0 atom stereocenters. The van der Waals surface area contributed by atoms with E-state index in [-0.39, 0.29) is 0 Å². The predicted octanol–water partition coefficient (Wildman–Crippen LogP) is 0.320. The van der Waals surface area contributed by atoms with Crippen LogP contribution in [0.2, 0.25) is 0 Å². The van der Waals surface area contributed by atoms with Crippen LogP contribution in [-0.4, -0.2) is 14.1 Å². The maximum Gasteiger partial charge on any atom is 0.150 e. The molecule has 0 aromatic heterocycles. The van der Waals surface area contributed by atoms with Crippen LogP contribution in [0.15, 0.2) is 18.2 Å². The quantitative estimate of drug-likeness (QED) is 0.433. The van der Waals surface area contributed by atoms with Gasteiger partial charge in [-0.05, 0) is 12.0 Å². The van der Waals surface area contributed by atoms with Gasteiger partial charge in [-0.2, -0.15) is 0 Å². The molecule has 1 aromatic carbocycles. The SMILES string of the molecule is Bc1ccc(C=O)c(CC)c1. The van der Waals surface area contributed by atoms with Crippen LogP contribution in [0.1, 0.15) is 22.8 Å². The fraction of sp³-hybridized carbons (Fsp3) is 0.222. The van der Waals surface area contributed by atoms with E-state index in [1.807, 2.05) is 20.0 Å². The normalized spacial score (nSPS) is 9.55. The lowest BCUT2D eigenvalue weighted by atomic mass is 9.91. The zero-order chi connectivity index (χ0) is 8.27. The molecule has 1 aromatic rings. The molecule has 0 N–H and O–H groups in total. The van der Waals surface area contributed by atoms with Gasteiger partial charge in [-0.25, -0.2) is 0 Å². The van der Waals surface area contributed by atoms with E-state index in [0.717, 1.165) is 23.8 Å². The van der Waals surface area contributed by atoms with E-state index >= 15 is 0 Å². The Hall–Kier alpha value is -1.05. The lowest BCUT2D eigenvalue weighted by Gasteiger charge is -2.01. The smallest absolute Gasteiger partial charge is 0.150 e. The molecule has 11 heavy (non-hydrogen) atoms. The number of carbonyl (C=O) groups is 1. The first-order valence-corrected chi connectivity index (χ1v) is 3.82. The molecule has 0 aliphatic carbocycles. The highest BCUT2D eigenvalue weighted by Gasteiger charge is 1.97. The van der Waals surface area contributed by atoms with Crippen molar-refractivity contribution in [3.8, 4) is 0 Å². The highest BCUT2D eigenvalue weighted by Crippen LogP contribution is 2.04. The van der Waals surface area contributed by atoms with Crippen molar-refractivity contribution >= 4 is 19.6 Å². The highest BCUT2D eigenvalue weighted by atomic mass is 16.1. The number of hydrogen-bond donors (Lipinski definition) is 0. The van der Waals surface area contributed by atoms with E-state index in [1.165, 1.54) is 5.46 Å². The fourth-order valence-corrected chi connectivity index (χ4v) is 1.16. The lowest BCUT2D eigenvalue weighted by molar-refractivity contribution is 0.112. The van der Waals surface area contributed by atoms with E-state index < -0.39 is 0 Å². The molecule has 0 bridgehead atoms. The van der Waals surface area contributed by atoms with Crippen LogP contribution in [0.3, 0.4) is 0 Å². The Balaban J connectivity index is 3.16. The third-order valence-corrected chi connectivity index (χ3v) is 1.81. The molecular formula is C9H11BO. The number of aryl methyl sites for hydroxylation is 1. The van der Waals surface area contributed by atoms with Crippen LogP contribution < -0.4 is 5.46 Å². The number of rotatable bonds is 2. The summed E-state index contributed by atoms with van der Waals surface area (Å²) in [5, 5.41) is 0. The minimum Gasteiger partial charge on any atom is -0.298 e. The second kappa shape index (κ2) is 3.38. The zero-order valence-corrected chi connectivity index (χ0v) is 6.92. The molecule has 2 heteroatoms. The van der Waals surface area contributed by atoms with Crippen molar-refractivity contribution in [2.24, 2.45) is 0 Å². The van der Waals surface area contributed by atoms with E-state index in [4.69, 9.17) is 0 Å². The Morgan fingerprint density at radius 2 is 2.27 bits per heavy atom. The monoisotopic (exact) mass is 146 g/mol. The van der Waals surface area contributed by atoms with Crippen LogP contribution in [-0.2, 0) is 6.42 Å². The first-order chi connectivity index (χ1) is 5.27. The second-order valence-corrected chi connectivity index (χ2v) is 2.67. The summed E-state index contributed by atoms with van der Waals surface area (Å²) in [6.07, 6.45) is 1.84. The maximum absolute atomic E-state index is 10.5. The van der Waals surface area contributed by atoms with Crippen molar-refractivity contribution in [1.29, 1.82) is 0 Å². The predicted molar refractivity (Wildman–Crippen MR) is 49.4 cm³/mol. The van der Waals surface area contributed by atoms with Crippen LogP contribution in [0, 0.1) is 0 Å². The van der Waals surface area contributed by atoms with Gasteiger partial charge in [-0.3, -0.25) is 4.79 Å². The van der Waals surface area contributed by atoms with Gasteiger partial charge in [0.25, 0.3) is 0 Å². The number of carbonyl (C=O) groups excluding carboxylic acids is 1. The third kappa shape index (κ3) is 1.70. The number of aldehydes is 1. The van der Waals surface area contributed by atoms with Crippen LogP contribution >= 0.6 is 0 Å². The first kappa shape index (κ1) is 8.06. The van der Waals surface area contributed by atoms with Crippen LogP contribution in [0.5, 0.6) is 0 Å². The summed E-state index contributed by atoms with van der Waals surface area (Å²) in [5.74, 6) is 0. The van der Waals surface area contributed by atoms with Crippen molar-refractivity contribution in [2.45, 2.75) is 13.3 Å². The molecular weight excluding hydrogens is 135 g/mol. The van der Waals surface area contributed by atoms with Gasteiger partial charge in [0.05, 0.1) is 0 Å². The molecule has 0 saturated carbocycles. The largest absolute Gasteiger partial charge is 0.298 e. The van der Waals surface area contributed by atoms with Gasteiger partial charge >= 0.3 is 0 Å². The molecule has 0 radical (unpaired) electrons. The Kier molecular flexibility index (Phi) is 2.47. The molecule has 0 heterocycles. The van der Waals surface area contributed by atoms with E-state index in [2.05, 4.69) is 13.0 Å². The molecule has 0 saturated heterocycles. The molecule has 56 valence electrons. The van der Waals surface area contributed by atoms with Gasteiger partial charge in [0.15, 0.2) is 0 Å². The van der Waals surface area contributed by atoms with Crippen molar-refractivity contribution < 1.29 is 4.79 Å². The molecule has 0 aliphatic heterocycles. The number of hydrogen-bond acceptors (Lipinski definition) is 1. The highest BCUT2D eigenvalue weighted by molar-refractivity contribution is 6.32. The van der Waals surface area contributed by atoms with Crippen molar-refractivity contribution in [3.63, 3.8) is 0 Å². The molecule has 0 unspecified atom stereocenters. The summed E-state index contributed by atoms with van der Waals surface area (Å²) in [6.45, 7) is 2.06. The Morgan fingerprint density at radius 1 is 1.55 bits per heavy atom. The second-order valence-electron chi connectivity index (χ2n) is 2.67. The summed E-state index contributed by atoms with van der Waals surface area (Å²) in [6, 6.07) is 5.90. The standard InChI is InChI=1S/C9H11BO/c1-2-7-5-9(10)4-3-8(7)6-11/h3-6H,2,10H2,1H3. The van der Waals surface area contributed by atoms with Gasteiger partial charge < -0.3 is 0 Å². The van der Waals surface area contributed by atoms with Gasteiger partial charge in [0, 0.05) is 5.56 Å². The van der Waals surface area contributed by atoms with Crippen LogP contribution in [0.4, 0.5) is 0 Å². The Labute approximate surface area is 67.8 Å². The van der Waals surface area contributed by atoms with Crippen molar-refractivity contribution in [2.75, 3.05) is 0 Å². The summed E-state index contributed by atoms with van der Waals surface area (Å²) in [5.41, 5.74) is 3.17. The third-order valence-electron chi connectivity index (χ3n) is 1.81. The van der Waals surface area contributed by atoms with Gasteiger partial charge in [-0.15, -0.1) is 0 Å². The molecule has 1 rings (SSSR count). The van der Waals surface area contributed by atoms with Crippen LogP contribution in [0.25, 0.3) is 0 Å². The van der Waals surface area contributed by atoms with Gasteiger partial charge in [0.2, 0.25) is 0 Å². The summed E-state index contributed by atoms with van der Waals surface area (Å²) in [4.78, 5) is 10.5. The minimum atomic E-state index is 0.818. The van der Waals surface area contributed by atoms with E-state index in [9.17, 15) is 4.79 Å². The van der Waals surface area contributed by atoms with Crippen molar-refractivity contribution in [1.82, 2.24) is 0 Å². The van der Waals surface area contributed by atoms with E-state index in [0.29, 0.717) is 0 Å². The topological polar surface area (TPSA) is 17.1 Å². The lowest BCUT2D eigenvalue weighted by Crippen LogP contribution is -2.04. The molecule has 1 nitrogen and oxygen atoms in total. The number of benzene rings is 1. The van der Waals surface area contributed by atoms with Crippen molar-refractivity contribution in [3.05, 3.63) is 29.3 Å². The minimum absolute atomic E-state index is 0.818. The van der Waals surface area contributed by atoms with Gasteiger partial charge in [-0.1, -0.05) is 30.6 Å². The summed E-state index contributed by atoms with van der Waals surface area (Å²) < 4.78 is 0. The Bertz CT molecular complexity index is 268. The Morgan fingerprint density at radius 3 is 2.82 bits per heavy atom. The maximum atomic E-state index is 10.5. The van der Waals surface area contributed by atoms with E-state index in [1.54, 1.807) is 0 Å². The average molecular weight is 146 g/mol. The first-order valence-electron chi connectivity index (χ1n) is 3.82. The molecule has 0 fully saturated rings. The molecule has 0 amide bonds. The zero-order valence-electron chi connectivity index (χ0n) is 6.92. The average Bonchev–Trinajstić information content (AvgIpc) is 2.04. The molecule has 0 spiro atoms. The molecule has 0 aliphatic rings. The van der Waals surface area contributed by atoms with Gasteiger partial charge in [0.1, 0.15) is 14.1 Å².